The summed E-state index contributed by atoms with van der Waals surface area (Å²) in [5.74, 6) is 1.98. The predicted octanol–water partition coefficient (Wildman–Crippen LogP) is 2.67. The first-order chi connectivity index (χ1) is 12.4. The predicted molar refractivity (Wildman–Crippen MR) is 102 cm³/mol. The molecule has 0 spiro atoms. The molecule has 0 radical (unpaired) electrons. The summed E-state index contributed by atoms with van der Waals surface area (Å²) in [6, 6.07) is 12.2. The Morgan fingerprint density at radius 1 is 1.23 bits per heavy atom. The second-order valence-corrected chi connectivity index (χ2v) is 8.63. The molecule has 2 heterocycles. The molecule has 1 saturated heterocycles. The van der Waals surface area contributed by atoms with E-state index in [-0.39, 0.29) is 10.9 Å². The van der Waals surface area contributed by atoms with Crippen molar-refractivity contribution in [3.05, 3.63) is 48.7 Å². The highest BCUT2D eigenvalue weighted by molar-refractivity contribution is 7.89. The first kappa shape index (κ1) is 18.7. The molecule has 1 aliphatic rings. The molecule has 1 atom stereocenters. The number of anilines is 1. The lowest BCUT2D eigenvalue weighted by Gasteiger charge is -2.18. The Morgan fingerprint density at radius 3 is 2.65 bits per heavy atom. The van der Waals surface area contributed by atoms with Crippen LogP contribution in [0.4, 0.5) is 5.82 Å². The van der Waals surface area contributed by atoms with Gasteiger partial charge in [0.05, 0.1) is 11.5 Å². The topological polar surface area (TPSA) is 71.5 Å². The van der Waals surface area contributed by atoms with Crippen LogP contribution in [0.25, 0.3) is 0 Å². The fourth-order valence-electron chi connectivity index (χ4n) is 2.87. The maximum atomic E-state index is 12.6. The molecular formula is C19H25N3O3S. The fraction of sp³-hybridized carbons (Fsp3) is 0.421. The lowest BCUT2D eigenvalue weighted by atomic mass is 10.2. The van der Waals surface area contributed by atoms with Gasteiger partial charge in [0, 0.05) is 25.3 Å². The van der Waals surface area contributed by atoms with Gasteiger partial charge < -0.3 is 9.64 Å². The molecular weight excluding hydrogens is 350 g/mol. The molecule has 0 aliphatic carbocycles. The average molecular weight is 375 g/mol. The van der Waals surface area contributed by atoms with Crippen molar-refractivity contribution in [1.29, 1.82) is 0 Å². The Balaban J connectivity index is 1.60. The minimum atomic E-state index is -3.55. The first-order valence-electron chi connectivity index (χ1n) is 8.85. The SMILES string of the molecule is CC(C)COc1ccc(S(=O)(=O)NC2CCN(c3ccccn3)C2)cc1. The zero-order chi connectivity index (χ0) is 18.6. The molecule has 140 valence electrons. The van der Waals surface area contributed by atoms with Crippen LogP contribution in [0.2, 0.25) is 0 Å². The van der Waals surface area contributed by atoms with Gasteiger partial charge in [-0.05, 0) is 48.7 Å². The van der Waals surface area contributed by atoms with Crippen LogP contribution in [0.5, 0.6) is 5.75 Å². The summed E-state index contributed by atoms with van der Waals surface area (Å²) in [6.07, 6.45) is 2.50. The molecule has 1 fully saturated rings. The van der Waals surface area contributed by atoms with E-state index in [9.17, 15) is 8.42 Å². The number of aromatic nitrogens is 1. The van der Waals surface area contributed by atoms with Crippen molar-refractivity contribution in [2.45, 2.75) is 31.2 Å². The Bertz CT molecular complexity index is 808. The highest BCUT2D eigenvalue weighted by Crippen LogP contribution is 2.21. The van der Waals surface area contributed by atoms with E-state index >= 15 is 0 Å². The van der Waals surface area contributed by atoms with E-state index in [1.54, 1.807) is 30.5 Å². The number of ether oxygens (including phenoxy) is 1. The Kier molecular flexibility index (Phi) is 5.78. The summed E-state index contributed by atoms with van der Waals surface area (Å²) < 4.78 is 33.7. The van der Waals surface area contributed by atoms with E-state index < -0.39 is 10.0 Å². The fourth-order valence-corrected chi connectivity index (χ4v) is 4.13. The molecule has 1 aromatic heterocycles. The van der Waals surface area contributed by atoms with Gasteiger partial charge in [0.2, 0.25) is 10.0 Å². The highest BCUT2D eigenvalue weighted by Gasteiger charge is 2.27. The minimum Gasteiger partial charge on any atom is -0.493 e. The van der Waals surface area contributed by atoms with Crippen LogP contribution < -0.4 is 14.4 Å². The van der Waals surface area contributed by atoms with Crippen LogP contribution in [-0.4, -0.2) is 39.1 Å². The molecule has 2 aromatic rings. The Hall–Kier alpha value is -2.12. The summed E-state index contributed by atoms with van der Waals surface area (Å²) in [5.41, 5.74) is 0. The third-order valence-electron chi connectivity index (χ3n) is 4.20. The average Bonchev–Trinajstić information content (AvgIpc) is 3.09. The molecule has 26 heavy (non-hydrogen) atoms. The van der Waals surface area contributed by atoms with Crippen LogP contribution in [0, 0.1) is 5.92 Å². The normalized spacial score (nSPS) is 17.7. The number of sulfonamides is 1. The smallest absolute Gasteiger partial charge is 0.240 e. The van der Waals surface area contributed by atoms with E-state index in [1.165, 1.54) is 0 Å². The van der Waals surface area contributed by atoms with Gasteiger partial charge in [0.25, 0.3) is 0 Å². The number of nitrogens with zero attached hydrogens (tertiary/aromatic N) is 2. The van der Waals surface area contributed by atoms with Gasteiger partial charge >= 0.3 is 0 Å². The van der Waals surface area contributed by atoms with Gasteiger partial charge in [0.1, 0.15) is 11.6 Å². The third kappa shape index (κ3) is 4.74. The van der Waals surface area contributed by atoms with Crippen molar-refractivity contribution < 1.29 is 13.2 Å². The number of pyridine rings is 1. The zero-order valence-electron chi connectivity index (χ0n) is 15.1. The van der Waals surface area contributed by atoms with Crippen molar-refractivity contribution in [2.24, 2.45) is 5.92 Å². The molecule has 0 amide bonds. The van der Waals surface area contributed by atoms with Crippen LogP contribution in [0.3, 0.4) is 0 Å². The molecule has 7 heteroatoms. The summed E-state index contributed by atoms with van der Waals surface area (Å²) in [7, 11) is -3.55. The Morgan fingerprint density at radius 2 is 2.00 bits per heavy atom. The van der Waals surface area contributed by atoms with Crippen molar-refractivity contribution in [3.63, 3.8) is 0 Å². The van der Waals surface area contributed by atoms with Crippen molar-refractivity contribution in [1.82, 2.24) is 9.71 Å². The summed E-state index contributed by atoms with van der Waals surface area (Å²) in [6.45, 7) is 6.14. The molecule has 3 rings (SSSR count). The van der Waals surface area contributed by atoms with Gasteiger partial charge in [-0.3, -0.25) is 0 Å². The molecule has 6 nitrogen and oxygen atoms in total. The quantitative estimate of drug-likeness (QED) is 0.806. The largest absolute Gasteiger partial charge is 0.493 e. The molecule has 0 bridgehead atoms. The van der Waals surface area contributed by atoms with Crippen LogP contribution in [-0.2, 0) is 10.0 Å². The lowest BCUT2D eigenvalue weighted by molar-refractivity contribution is 0.271. The van der Waals surface area contributed by atoms with E-state index in [1.807, 2.05) is 18.2 Å². The number of hydrogen-bond acceptors (Lipinski definition) is 5. The molecule has 1 unspecified atom stereocenters. The third-order valence-corrected chi connectivity index (χ3v) is 5.74. The summed E-state index contributed by atoms with van der Waals surface area (Å²) in [4.78, 5) is 6.67. The maximum Gasteiger partial charge on any atom is 0.240 e. The molecule has 0 saturated carbocycles. The van der Waals surface area contributed by atoms with Gasteiger partial charge in [-0.1, -0.05) is 19.9 Å². The standard InChI is InChI=1S/C19H25N3O3S/c1-15(2)14-25-17-6-8-18(9-7-17)26(23,24)21-16-10-12-22(13-16)19-5-3-4-11-20-19/h3-9,11,15-16,21H,10,12-14H2,1-2H3. The summed E-state index contributed by atoms with van der Waals surface area (Å²) >= 11 is 0. The lowest BCUT2D eigenvalue weighted by Crippen LogP contribution is -2.37. The summed E-state index contributed by atoms with van der Waals surface area (Å²) in [5, 5.41) is 0. The van der Waals surface area contributed by atoms with Crippen LogP contribution in [0.15, 0.2) is 53.6 Å². The van der Waals surface area contributed by atoms with Crippen molar-refractivity contribution in [2.75, 3.05) is 24.6 Å². The van der Waals surface area contributed by atoms with Gasteiger partial charge in [0.15, 0.2) is 0 Å². The van der Waals surface area contributed by atoms with E-state index in [2.05, 4.69) is 28.5 Å². The van der Waals surface area contributed by atoms with E-state index in [0.29, 0.717) is 24.8 Å². The minimum absolute atomic E-state index is 0.126. The van der Waals surface area contributed by atoms with Gasteiger partial charge in [-0.15, -0.1) is 0 Å². The number of benzene rings is 1. The highest BCUT2D eigenvalue weighted by atomic mass is 32.2. The second kappa shape index (κ2) is 8.05. The zero-order valence-corrected chi connectivity index (χ0v) is 15.9. The van der Waals surface area contributed by atoms with Crippen LogP contribution >= 0.6 is 0 Å². The van der Waals surface area contributed by atoms with Gasteiger partial charge in [-0.2, -0.15) is 0 Å². The van der Waals surface area contributed by atoms with Crippen molar-refractivity contribution >= 4 is 15.8 Å². The maximum absolute atomic E-state index is 12.6. The van der Waals surface area contributed by atoms with Crippen molar-refractivity contribution in [3.8, 4) is 5.75 Å². The monoisotopic (exact) mass is 375 g/mol. The van der Waals surface area contributed by atoms with Crippen LogP contribution in [0.1, 0.15) is 20.3 Å². The second-order valence-electron chi connectivity index (χ2n) is 6.92. The Labute approximate surface area is 155 Å². The molecule has 1 aromatic carbocycles. The molecule has 1 N–H and O–H groups in total. The van der Waals surface area contributed by atoms with Gasteiger partial charge in [-0.25, -0.2) is 18.1 Å². The number of rotatable bonds is 7. The number of hydrogen-bond donors (Lipinski definition) is 1. The van der Waals surface area contributed by atoms with E-state index in [4.69, 9.17) is 4.74 Å². The first-order valence-corrected chi connectivity index (χ1v) is 10.3. The number of nitrogens with one attached hydrogen (secondary N) is 1. The molecule has 1 aliphatic heterocycles. The van der Waals surface area contributed by atoms with E-state index in [0.717, 1.165) is 18.8 Å².